The van der Waals surface area contributed by atoms with Crippen LogP contribution in [0.2, 0.25) is 0 Å². The van der Waals surface area contributed by atoms with E-state index in [1.165, 1.54) is 32.4 Å². The minimum atomic E-state index is 0.154. The zero-order chi connectivity index (χ0) is 16.8. The predicted octanol–water partition coefficient (Wildman–Crippen LogP) is 1.69. The molecule has 0 saturated carbocycles. The lowest BCUT2D eigenvalue weighted by Gasteiger charge is -2.31. The molecule has 6 heteroatoms. The Morgan fingerprint density at radius 2 is 2.08 bits per heavy atom. The topological polar surface area (TPSA) is 50.6 Å². The van der Waals surface area contributed by atoms with E-state index in [1.54, 1.807) is 0 Å². The monoisotopic (exact) mass is 334 g/mol. The first-order valence-corrected chi connectivity index (χ1v) is 9.32. The molecule has 2 aliphatic rings. The second-order valence-corrected chi connectivity index (χ2v) is 7.02. The molecular formula is C18H30N4O2. The van der Waals surface area contributed by atoms with E-state index in [4.69, 9.17) is 4.74 Å². The minimum absolute atomic E-state index is 0.154. The summed E-state index contributed by atoms with van der Waals surface area (Å²) in [5, 5.41) is 4.35. The molecule has 1 aromatic heterocycles. The van der Waals surface area contributed by atoms with Gasteiger partial charge in [-0.2, -0.15) is 5.10 Å². The van der Waals surface area contributed by atoms with Gasteiger partial charge in [-0.15, -0.1) is 0 Å². The third-order valence-corrected chi connectivity index (χ3v) is 4.94. The highest BCUT2D eigenvalue weighted by molar-refractivity contribution is 5.76. The molecule has 1 amide bonds. The quantitative estimate of drug-likeness (QED) is 0.822. The Morgan fingerprint density at radius 3 is 2.83 bits per heavy atom. The smallest absolute Gasteiger partial charge is 0.224 e. The number of nitrogens with zero attached hydrogens (tertiary/aromatic N) is 4. The van der Waals surface area contributed by atoms with Crippen LogP contribution in [0.5, 0.6) is 0 Å². The van der Waals surface area contributed by atoms with Crippen LogP contribution in [-0.2, 0) is 16.1 Å². The summed E-state index contributed by atoms with van der Waals surface area (Å²) in [5.74, 6) is 0.220. The SMILES string of the molecule is Cc1ccn(CCC(=O)N2CCCOC(CN3CCCCC3)C2)n1. The van der Waals surface area contributed by atoms with E-state index < -0.39 is 0 Å². The molecule has 6 nitrogen and oxygen atoms in total. The van der Waals surface area contributed by atoms with Gasteiger partial charge in [0.1, 0.15) is 0 Å². The highest BCUT2D eigenvalue weighted by Crippen LogP contribution is 2.13. The first-order chi connectivity index (χ1) is 11.7. The number of aromatic nitrogens is 2. The lowest BCUT2D eigenvalue weighted by atomic mass is 10.1. The molecule has 24 heavy (non-hydrogen) atoms. The summed E-state index contributed by atoms with van der Waals surface area (Å²) >= 11 is 0. The third-order valence-electron chi connectivity index (χ3n) is 4.94. The van der Waals surface area contributed by atoms with Crippen LogP contribution >= 0.6 is 0 Å². The van der Waals surface area contributed by atoms with Crippen molar-refractivity contribution in [1.82, 2.24) is 19.6 Å². The van der Waals surface area contributed by atoms with Crippen molar-refractivity contribution in [2.75, 3.05) is 39.3 Å². The first-order valence-electron chi connectivity index (χ1n) is 9.32. The number of aryl methyl sites for hydroxylation is 2. The maximum absolute atomic E-state index is 12.6. The molecule has 0 spiro atoms. The molecule has 0 bridgehead atoms. The number of carbonyl (C=O) groups is 1. The zero-order valence-corrected chi connectivity index (χ0v) is 14.8. The van der Waals surface area contributed by atoms with Crippen molar-refractivity contribution in [2.24, 2.45) is 0 Å². The molecule has 2 aliphatic heterocycles. The lowest BCUT2D eigenvalue weighted by Crippen LogP contribution is -2.44. The Balaban J connectivity index is 1.48. The molecule has 1 atom stereocenters. The highest BCUT2D eigenvalue weighted by Gasteiger charge is 2.24. The van der Waals surface area contributed by atoms with E-state index >= 15 is 0 Å². The van der Waals surface area contributed by atoms with Gasteiger partial charge in [-0.3, -0.25) is 9.48 Å². The van der Waals surface area contributed by atoms with Gasteiger partial charge in [0.2, 0.25) is 5.91 Å². The maximum Gasteiger partial charge on any atom is 0.224 e. The number of hydrogen-bond donors (Lipinski definition) is 0. The van der Waals surface area contributed by atoms with E-state index in [9.17, 15) is 4.79 Å². The van der Waals surface area contributed by atoms with Crippen LogP contribution in [-0.4, -0.2) is 70.9 Å². The fourth-order valence-electron chi connectivity index (χ4n) is 3.62. The van der Waals surface area contributed by atoms with Gasteiger partial charge in [0.15, 0.2) is 0 Å². The van der Waals surface area contributed by atoms with Gasteiger partial charge in [0.25, 0.3) is 0 Å². The Bertz CT molecular complexity index is 525. The van der Waals surface area contributed by atoms with Gasteiger partial charge in [0.05, 0.1) is 11.8 Å². The van der Waals surface area contributed by atoms with Gasteiger partial charge in [0, 0.05) is 45.4 Å². The number of amides is 1. The van der Waals surface area contributed by atoms with Gasteiger partial charge in [-0.25, -0.2) is 0 Å². The molecule has 0 radical (unpaired) electrons. The lowest BCUT2D eigenvalue weighted by molar-refractivity contribution is -0.132. The van der Waals surface area contributed by atoms with E-state index in [2.05, 4.69) is 10.00 Å². The predicted molar refractivity (Wildman–Crippen MR) is 92.8 cm³/mol. The number of piperidine rings is 1. The van der Waals surface area contributed by atoms with E-state index in [0.717, 1.165) is 38.4 Å². The first kappa shape index (κ1) is 17.4. The molecule has 0 N–H and O–H groups in total. The normalized spacial score (nSPS) is 23.2. The fraction of sp³-hybridized carbons (Fsp3) is 0.778. The van der Waals surface area contributed by atoms with Crippen LogP contribution in [0.4, 0.5) is 0 Å². The molecule has 134 valence electrons. The molecule has 0 aliphatic carbocycles. The van der Waals surface area contributed by atoms with Crippen LogP contribution in [0, 0.1) is 6.92 Å². The Kier molecular flexibility index (Phi) is 6.26. The number of hydrogen-bond acceptors (Lipinski definition) is 4. The van der Waals surface area contributed by atoms with Gasteiger partial charge in [-0.1, -0.05) is 6.42 Å². The summed E-state index contributed by atoms with van der Waals surface area (Å²) in [4.78, 5) is 17.1. The summed E-state index contributed by atoms with van der Waals surface area (Å²) in [5.41, 5.74) is 0.993. The van der Waals surface area contributed by atoms with Gasteiger partial charge in [-0.05, 0) is 45.3 Å². The standard InChI is InChI=1S/C18H30N4O2/c1-16-6-11-22(19-16)12-7-18(23)21-10-5-13-24-17(15-21)14-20-8-3-2-4-9-20/h6,11,17H,2-5,7-10,12-15H2,1H3. The van der Waals surface area contributed by atoms with E-state index in [1.807, 2.05) is 28.8 Å². The summed E-state index contributed by atoms with van der Waals surface area (Å²) in [6.45, 7) is 8.24. The van der Waals surface area contributed by atoms with Gasteiger partial charge < -0.3 is 14.5 Å². The van der Waals surface area contributed by atoms with Crippen molar-refractivity contribution >= 4 is 5.91 Å². The van der Waals surface area contributed by atoms with Crippen LogP contribution in [0.1, 0.15) is 37.8 Å². The Labute approximate surface area is 144 Å². The fourth-order valence-corrected chi connectivity index (χ4v) is 3.62. The average Bonchev–Trinajstić information content (AvgIpc) is 2.87. The Hall–Kier alpha value is -1.40. The maximum atomic E-state index is 12.6. The molecule has 2 saturated heterocycles. The largest absolute Gasteiger partial charge is 0.375 e. The third kappa shape index (κ3) is 5.05. The average molecular weight is 334 g/mol. The molecule has 1 unspecified atom stereocenters. The number of carbonyl (C=O) groups excluding carboxylic acids is 1. The highest BCUT2D eigenvalue weighted by atomic mass is 16.5. The summed E-state index contributed by atoms with van der Waals surface area (Å²) in [6.07, 6.45) is 7.46. The molecule has 1 aromatic rings. The molecule has 3 heterocycles. The summed E-state index contributed by atoms with van der Waals surface area (Å²) in [6, 6.07) is 1.97. The summed E-state index contributed by atoms with van der Waals surface area (Å²) < 4.78 is 7.85. The Morgan fingerprint density at radius 1 is 1.25 bits per heavy atom. The number of likely N-dealkylation sites (tertiary alicyclic amines) is 1. The van der Waals surface area contributed by atoms with E-state index in [-0.39, 0.29) is 12.0 Å². The van der Waals surface area contributed by atoms with Crippen molar-refractivity contribution in [2.45, 2.75) is 51.7 Å². The molecule has 2 fully saturated rings. The van der Waals surface area contributed by atoms with Crippen molar-refractivity contribution in [1.29, 1.82) is 0 Å². The van der Waals surface area contributed by atoms with Crippen LogP contribution < -0.4 is 0 Å². The van der Waals surface area contributed by atoms with Gasteiger partial charge >= 0.3 is 0 Å². The van der Waals surface area contributed by atoms with Crippen molar-refractivity contribution in [3.8, 4) is 0 Å². The van der Waals surface area contributed by atoms with Crippen LogP contribution in [0.3, 0.4) is 0 Å². The second kappa shape index (κ2) is 8.62. The summed E-state index contributed by atoms with van der Waals surface area (Å²) in [7, 11) is 0. The number of ether oxygens (including phenoxy) is 1. The minimum Gasteiger partial charge on any atom is -0.375 e. The molecular weight excluding hydrogens is 304 g/mol. The van der Waals surface area contributed by atoms with Crippen LogP contribution in [0.25, 0.3) is 0 Å². The second-order valence-electron chi connectivity index (χ2n) is 7.02. The van der Waals surface area contributed by atoms with Crippen LogP contribution in [0.15, 0.2) is 12.3 Å². The number of rotatable bonds is 5. The van der Waals surface area contributed by atoms with Crippen molar-refractivity contribution in [3.63, 3.8) is 0 Å². The molecule has 0 aromatic carbocycles. The van der Waals surface area contributed by atoms with Crippen molar-refractivity contribution in [3.05, 3.63) is 18.0 Å². The van der Waals surface area contributed by atoms with E-state index in [0.29, 0.717) is 13.0 Å². The van der Waals surface area contributed by atoms with Crippen molar-refractivity contribution < 1.29 is 9.53 Å². The zero-order valence-electron chi connectivity index (χ0n) is 14.8. The molecule has 3 rings (SSSR count).